The quantitative estimate of drug-likeness (QED) is 0.358. The molecule has 0 N–H and O–H groups in total. The fourth-order valence-electron chi connectivity index (χ4n) is 1.38. The number of benzene rings is 1. The van der Waals surface area contributed by atoms with Crippen molar-refractivity contribution in [3.8, 4) is 5.75 Å². The summed E-state index contributed by atoms with van der Waals surface area (Å²) in [5.74, 6) is -2.32. The van der Waals surface area contributed by atoms with Crippen LogP contribution in [0.15, 0.2) is 35.3 Å². The fraction of sp³-hybridized carbons (Fsp3) is 0.214. The van der Waals surface area contributed by atoms with E-state index in [0.717, 1.165) is 11.3 Å². The van der Waals surface area contributed by atoms with Crippen LogP contribution in [0.3, 0.4) is 0 Å². The third-order valence-electron chi connectivity index (χ3n) is 2.39. The van der Waals surface area contributed by atoms with Gasteiger partial charge in [-0.25, -0.2) is 0 Å². The molecular formula is C14H13K2NO5. The summed E-state index contributed by atoms with van der Waals surface area (Å²) in [6, 6.07) is 5.72. The van der Waals surface area contributed by atoms with Gasteiger partial charge < -0.3 is 24.5 Å². The van der Waals surface area contributed by atoms with Gasteiger partial charge in [-0.15, -0.1) is 0 Å². The number of carbonyl (C=O) groups excluding carboxylic acids is 2. The normalized spacial score (nSPS) is 11.5. The topological polar surface area (TPSA) is 102 Å². The number of aliphatic carboxylic acids is 2. The molecule has 1 aromatic carbocycles. The second-order valence-electron chi connectivity index (χ2n) is 3.84. The van der Waals surface area contributed by atoms with Crippen LogP contribution in [0.5, 0.6) is 5.75 Å². The number of aliphatic imine (C=N–C) groups is 1. The van der Waals surface area contributed by atoms with E-state index in [9.17, 15) is 19.8 Å². The molecule has 0 saturated heterocycles. The summed E-state index contributed by atoms with van der Waals surface area (Å²) < 4.78 is 5.01. The molecule has 1 atom stereocenters. The summed E-state index contributed by atoms with van der Waals surface area (Å²) in [5, 5.41) is 20.9. The zero-order valence-electron chi connectivity index (χ0n) is 12.8. The van der Waals surface area contributed by atoms with Crippen molar-refractivity contribution in [1.82, 2.24) is 0 Å². The Kier molecular flexibility index (Phi) is 15.9. The summed E-state index contributed by atoms with van der Waals surface area (Å²) >= 11 is 0. The molecule has 0 aromatic heterocycles. The van der Waals surface area contributed by atoms with Gasteiger partial charge in [-0.2, -0.15) is 0 Å². The summed E-state index contributed by atoms with van der Waals surface area (Å²) in [6.45, 7) is 0. The SMILES string of the molecule is COc1ccc(/C=C/C=N[C@@H](CC(=O)[O-])C(=O)[O-])cc1.[K+].[K+]. The van der Waals surface area contributed by atoms with Crippen LogP contribution >= 0.6 is 0 Å². The Bertz CT molecular complexity index is 529. The van der Waals surface area contributed by atoms with Crippen LogP contribution in [-0.4, -0.2) is 31.3 Å². The van der Waals surface area contributed by atoms with E-state index in [2.05, 4.69) is 4.99 Å². The van der Waals surface area contributed by atoms with Crippen molar-refractivity contribution in [2.24, 2.45) is 4.99 Å². The van der Waals surface area contributed by atoms with Gasteiger partial charge >= 0.3 is 103 Å². The van der Waals surface area contributed by atoms with Gasteiger partial charge in [0.2, 0.25) is 0 Å². The maximum Gasteiger partial charge on any atom is 1.00 e. The molecule has 0 aliphatic heterocycles. The first-order valence-corrected chi connectivity index (χ1v) is 5.77. The summed E-state index contributed by atoms with van der Waals surface area (Å²) in [6.07, 6.45) is 3.70. The van der Waals surface area contributed by atoms with Gasteiger partial charge in [-0.3, -0.25) is 4.99 Å². The number of hydrogen-bond acceptors (Lipinski definition) is 6. The van der Waals surface area contributed by atoms with Crippen molar-refractivity contribution in [1.29, 1.82) is 0 Å². The van der Waals surface area contributed by atoms with Crippen LogP contribution in [0.2, 0.25) is 0 Å². The van der Waals surface area contributed by atoms with Crippen LogP contribution in [-0.2, 0) is 9.59 Å². The van der Waals surface area contributed by atoms with Crippen LogP contribution in [0.1, 0.15) is 12.0 Å². The Morgan fingerprint density at radius 3 is 2.27 bits per heavy atom. The number of methoxy groups -OCH3 is 1. The van der Waals surface area contributed by atoms with Gasteiger partial charge in [0.25, 0.3) is 0 Å². The number of nitrogens with zero attached hydrogens (tertiary/aromatic N) is 1. The summed E-state index contributed by atoms with van der Waals surface area (Å²) in [5.41, 5.74) is 0.863. The van der Waals surface area contributed by atoms with E-state index in [1.807, 2.05) is 0 Å². The maximum atomic E-state index is 10.6. The Balaban J connectivity index is 0. The molecule has 106 valence electrons. The van der Waals surface area contributed by atoms with Gasteiger partial charge in [0.15, 0.2) is 0 Å². The van der Waals surface area contributed by atoms with Crippen molar-refractivity contribution in [2.45, 2.75) is 12.5 Å². The molecule has 8 heteroatoms. The Morgan fingerprint density at radius 2 is 1.82 bits per heavy atom. The first-order chi connectivity index (χ1) is 9.52. The standard InChI is InChI=1S/C14H15NO5.2K/c1-20-11-6-4-10(5-7-11)3-2-8-15-12(14(18)19)9-13(16)17;;/h2-8,12H,9H2,1H3,(H,16,17)(H,18,19);;/q;2*+1/p-2/b3-2+,15-8?;;/t12-;;/m0../s1. The minimum absolute atomic E-state index is 0. The molecule has 0 radical (unpaired) electrons. The van der Waals surface area contributed by atoms with E-state index >= 15 is 0 Å². The molecule has 1 aromatic rings. The average molecular weight is 353 g/mol. The molecule has 0 spiro atoms. The molecule has 0 heterocycles. The second-order valence-corrected chi connectivity index (χ2v) is 3.84. The van der Waals surface area contributed by atoms with E-state index in [1.54, 1.807) is 37.5 Å². The first kappa shape index (κ1) is 24.9. The van der Waals surface area contributed by atoms with E-state index in [1.165, 1.54) is 12.3 Å². The zero-order chi connectivity index (χ0) is 15.0. The number of carbonyl (C=O) groups is 2. The number of allylic oxidation sites excluding steroid dienone is 1. The molecule has 22 heavy (non-hydrogen) atoms. The van der Waals surface area contributed by atoms with Gasteiger partial charge in [0, 0.05) is 18.6 Å². The van der Waals surface area contributed by atoms with Crippen molar-refractivity contribution < 1.29 is 127 Å². The van der Waals surface area contributed by atoms with Crippen LogP contribution in [0.4, 0.5) is 0 Å². The van der Waals surface area contributed by atoms with Gasteiger partial charge in [-0.1, -0.05) is 18.2 Å². The molecule has 0 aliphatic rings. The number of ether oxygens (including phenoxy) is 1. The maximum absolute atomic E-state index is 10.6. The largest absolute Gasteiger partial charge is 1.00 e. The molecule has 0 bridgehead atoms. The predicted octanol–water partition coefficient (Wildman–Crippen LogP) is -6.95. The van der Waals surface area contributed by atoms with Crippen molar-refractivity contribution >= 4 is 24.2 Å². The third-order valence-corrected chi connectivity index (χ3v) is 2.39. The summed E-state index contributed by atoms with van der Waals surface area (Å²) in [7, 11) is 1.56. The number of carboxylic acid groups (broad SMARTS) is 2. The minimum atomic E-state index is -1.55. The smallest absolute Gasteiger partial charge is 0.550 e. The molecule has 0 aliphatic carbocycles. The molecule has 0 saturated carbocycles. The Morgan fingerprint density at radius 1 is 1.23 bits per heavy atom. The van der Waals surface area contributed by atoms with E-state index in [4.69, 9.17) is 4.74 Å². The molecule has 0 fully saturated rings. The molecule has 6 nitrogen and oxygen atoms in total. The molecule has 0 amide bonds. The summed E-state index contributed by atoms with van der Waals surface area (Å²) in [4.78, 5) is 24.5. The number of rotatable bonds is 7. The van der Waals surface area contributed by atoms with Gasteiger partial charge in [-0.05, 0) is 23.8 Å². The third kappa shape index (κ3) is 10.4. The number of carboxylic acids is 2. The van der Waals surface area contributed by atoms with Crippen molar-refractivity contribution in [3.05, 3.63) is 35.9 Å². The Hall–Kier alpha value is 0.643. The van der Waals surface area contributed by atoms with Crippen LogP contribution < -0.4 is 118 Å². The van der Waals surface area contributed by atoms with Crippen molar-refractivity contribution in [3.63, 3.8) is 0 Å². The second kappa shape index (κ2) is 14.0. The van der Waals surface area contributed by atoms with E-state index in [0.29, 0.717) is 0 Å². The molecule has 0 unspecified atom stereocenters. The van der Waals surface area contributed by atoms with E-state index in [-0.39, 0.29) is 103 Å². The number of hydrogen-bond donors (Lipinski definition) is 0. The Labute approximate surface area is 213 Å². The van der Waals surface area contributed by atoms with Crippen molar-refractivity contribution in [2.75, 3.05) is 7.11 Å². The van der Waals surface area contributed by atoms with E-state index < -0.39 is 24.4 Å². The monoisotopic (exact) mass is 353 g/mol. The van der Waals surface area contributed by atoms with Gasteiger partial charge in [0.1, 0.15) is 5.75 Å². The average Bonchev–Trinajstić information content (AvgIpc) is 2.42. The van der Waals surface area contributed by atoms with Crippen LogP contribution in [0, 0.1) is 0 Å². The molecular weight excluding hydrogens is 340 g/mol. The fourth-order valence-corrected chi connectivity index (χ4v) is 1.38. The minimum Gasteiger partial charge on any atom is -0.550 e. The predicted molar refractivity (Wildman–Crippen MR) is 68.9 cm³/mol. The zero-order valence-corrected chi connectivity index (χ0v) is 19.1. The molecule has 1 rings (SSSR count). The van der Waals surface area contributed by atoms with Gasteiger partial charge in [0.05, 0.1) is 19.1 Å². The van der Waals surface area contributed by atoms with Crippen LogP contribution in [0.25, 0.3) is 6.08 Å². The first-order valence-electron chi connectivity index (χ1n) is 5.77.